The Bertz CT molecular complexity index is 456. The fraction of sp³-hybridized carbons (Fsp3) is 0.733. The Hall–Kier alpha value is -0.980. The maximum absolute atomic E-state index is 11.8. The lowest BCUT2D eigenvalue weighted by atomic mass is 10.1. The molecule has 6 heteroatoms. The Morgan fingerprint density at radius 3 is 3.10 bits per heavy atom. The zero-order valence-corrected chi connectivity index (χ0v) is 13.6. The van der Waals surface area contributed by atoms with Crippen LogP contribution in [0.25, 0.3) is 0 Å². The van der Waals surface area contributed by atoms with E-state index in [4.69, 9.17) is 9.47 Å². The van der Waals surface area contributed by atoms with E-state index in [1.165, 1.54) is 6.42 Å². The van der Waals surface area contributed by atoms with E-state index < -0.39 is 0 Å². The maximum atomic E-state index is 11.8. The van der Waals surface area contributed by atoms with Gasteiger partial charge in [-0.2, -0.15) is 0 Å². The van der Waals surface area contributed by atoms with Gasteiger partial charge in [0.05, 0.1) is 30.0 Å². The third kappa shape index (κ3) is 5.37. The summed E-state index contributed by atoms with van der Waals surface area (Å²) in [6, 6.07) is 0. The number of hydrogen-bond acceptors (Lipinski definition) is 5. The molecule has 1 amide bonds. The number of carbonyl (C=O) groups is 1. The SMILES string of the molecule is CCc1nc(C)sc1CNC(=O)COC[C@@H]1CCCCO1. The van der Waals surface area contributed by atoms with Crippen molar-refractivity contribution in [1.82, 2.24) is 10.3 Å². The second-order valence-corrected chi connectivity index (χ2v) is 6.52. The minimum atomic E-state index is -0.0843. The van der Waals surface area contributed by atoms with Gasteiger partial charge in [-0.25, -0.2) is 4.98 Å². The van der Waals surface area contributed by atoms with Crippen molar-refractivity contribution < 1.29 is 14.3 Å². The molecule has 2 heterocycles. The van der Waals surface area contributed by atoms with Crippen molar-refractivity contribution in [3.05, 3.63) is 15.6 Å². The first-order valence-electron chi connectivity index (χ1n) is 7.60. The van der Waals surface area contributed by atoms with Crippen LogP contribution in [0.1, 0.15) is 41.8 Å². The zero-order chi connectivity index (χ0) is 15.1. The minimum absolute atomic E-state index is 0.0843. The number of amides is 1. The normalized spacial score (nSPS) is 18.7. The van der Waals surface area contributed by atoms with Crippen molar-refractivity contribution in [3.63, 3.8) is 0 Å². The molecular weight excluding hydrogens is 288 g/mol. The summed E-state index contributed by atoms with van der Waals surface area (Å²) in [5.74, 6) is -0.0843. The zero-order valence-electron chi connectivity index (χ0n) is 12.8. The van der Waals surface area contributed by atoms with Gasteiger partial charge in [0.1, 0.15) is 6.61 Å². The van der Waals surface area contributed by atoms with Gasteiger partial charge in [-0.15, -0.1) is 11.3 Å². The Morgan fingerprint density at radius 1 is 1.52 bits per heavy atom. The largest absolute Gasteiger partial charge is 0.376 e. The first-order valence-corrected chi connectivity index (χ1v) is 8.42. The number of nitrogens with one attached hydrogen (secondary N) is 1. The number of carbonyl (C=O) groups excluding carboxylic acids is 1. The number of rotatable bonds is 7. The summed E-state index contributed by atoms with van der Waals surface area (Å²) < 4.78 is 11.0. The highest BCUT2D eigenvalue weighted by Crippen LogP contribution is 2.18. The lowest BCUT2D eigenvalue weighted by Gasteiger charge is -2.22. The molecule has 0 saturated carbocycles. The second-order valence-electron chi connectivity index (χ2n) is 5.24. The lowest BCUT2D eigenvalue weighted by molar-refractivity contribution is -0.128. The number of thiazole rings is 1. The van der Waals surface area contributed by atoms with Gasteiger partial charge in [0.2, 0.25) is 5.91 Å². The van der Waals surface area contributed by atoms with E-state index in [-0.39, 0.29) is 18.6 Å². The number of nitrogens with zero attached hydrogens (tertiary/aromatic N) is 1. The van der Waals surface area contributed by atoms with Crippen LogP contribution in [0, 0.1) is 6.92 Å². The topological polar surface area (TPSA) is 60.5 Å². The van der Waals surface area contributed by atoms with Gasteiger partial charge in [-0.1, -0.05) is 6.92 Å². The predicted molar refractivity (Wildman–Crippen MR) is 82.5 cm³/mol. The van der Waals surface area contributed by atoms with Crippen molar-refractivity contribution in [3.8, 4) is 0 Å². The monoisotopic (exact) mass is 312 g/mol. The van der Waals surface area contributed by atoms with Crippen molar-refractivity contribution in [2.75, 3.05) is 19.8 Å². The van der Waals surface area contributed by atoms with E-state index in [2.05, 4.69) is 17.2 Å². The van der Waals surface area contributed by atoms with Crippen molar-refractivity contribution in [2.24, 2.45) is 0 Å². The summed E-state index contributed by atoms with van der Waals surface area (Å²) in [6.07, 6.45) is 4.39. The van der Waals surface area contributed by atoms with Crippen LogP contribution in [-0.4, -0.2) is 36.8 Å². The molecule has 1 aliphatic heterocycles. The van der Waals surface area contributed by atoms with Gasteiger partial charge < -0.3 is 14.8 Å². The molecular formula is C15H24N2O3S. The van der Waals surface area contributed by atoms with Crippen LogP contribution >= 0.6 is 11.3 Å². The van der Waals surface area contributed by atoms with Gasteiger partial charge in [-0.3, -0.25) is 4.79 Å². The van der Waals surface area contributed by atoms with Crippen LogP contribution in [0.3, 0.4) is 0 Å². The molecule has 1 aromatic heterocycles. The van der Waals surface area contributed by atoms with Crippen LogP contribution in [0.4, 0.5) is 0 Å². The summed E-state index contributed by atoms with van der Waals surface area (Å²) in [4.78, 5) is 17.4. The Labute approximate surface area is 130 Å². The molecule has 118 valence electrons. The quantitative estimate of drug-likeness (QED) is 0.838. The van der Waals surface area contributed by atoms with Gasteiger partial charge in [0, 0.05) is 11.5 Å². The van der Waals surface area contributed by atoms with Crippen LogP contribution < -0.4 is 5.32 Å². The average Bonchev–Trinajstić information content (AvgIpc) is 2.86. The molecule has 0 unspecified atom stereocenters. The van der Waals surface area contributed by atoms with Gasteiger partial charge in [0.25, 0.3) is 0 Å². The summed E-state index contributed by atoms with van der Waals surface area (Å²) in [6.45, 7) is 6.02. The fourth-order valence-corrected chi connectivity index (χ4v) is 3.34. The highest BCUT2D eigenvalue weighted by Gasteiger charge is 2.14. The number of ether oxygens (including phenoxy) is 2. The summed E-state index contributed by atoms with van der Waals surface area (Å²) in [7, 11) is 0. The molecule has 0 aliphatic carbocycles. The number of hydrogen-bond donors (Lipinski definition) is 1. The van der Waals surface area contributed by atoms with Gasteiger partial charge >= 0.3 is 0 Å². The third-order valence-electron chi connectivity index (χ3n) is 3.48. The van der Waals surface area contributed by atoms with Crippen LogP contribution in [0.5, 0.6) is 0 Å². The summed E-state index contributed by atoms with van der Waals surface area (Å²) >= 11 is 1.64. The average molecular weight is 312 g/mol. The Kier molecular flexibility index (Phi) is 6.60. The summed E-state index contributed by atoms with van der Waals surface area (Å²) in [5.41, 5.74) is 1.08. The molecule has 1 N–H and O–H groups in total. The Balaban J connectivity index is 1.65. The molecule has 1 atom stereocenters. The maximum Gasteiger partial charge on any atom is 0.246 e. The number of aryl methyl sites for hydroxylation is 2. The lowest BCUT2D eigenvalue weighted by Crippen LogP contribution is -2.30. The first kappa shape index (κ1) is 16.4. The smallest absolute Gasteiger partial charge is 0.246 e. The van der Waals surface area contributed by atoms with Crippen molar-refractivity contribution in [1.29, 1.82) is 0 Å². The minimum Gasteiger partial charge on any atom is -0.376 e. The molecule has 1 saturated heterocycles. The van der Waals surface area contributed by atoms with E-state index in [0.717, 1.165) is 41.4 Å². The fourth-order valence-electron chi connectivity index (χ4n) is 2.38. The predicted octanol–water partition coefficient (Wildman–Crippen LogP) is 2.22. The molecule has 1 fully saturated rings. The molecule has 2 rings (SSSR count). The molecule has 1 aliphatic rings. The molecule has 21 heavy (non-hydrogen) atoms. The first-order chi connectivity index (χ1) is 10.2. The Morgan fingerprint density at radius 2 is 2.38 bits per heavy atom. The van der Waals surface area contributed by atoms with E-state index >= 15 is 0 Å². The van der Waals surface area contributed by atoms with Crippen LogP contribution in [0.2, 0.25) is 0 Å². The van der Waals surface area contributed by atoms with E-state index in [1.54, 1.807) is 11.3 Å². The van der Waals surface area contributed by atoms with Crippen LogP contribution in [-0.2, 0) is 27.2 Å². The summed E-state index contributed by atoms with van der Waals surface area (Å²) in [5, 5.41) is 3.93. The van der Waals surface area contributed by atoms with E-state index in [1.807, 2.05) is 6.92 Å². The van der Waals surface area contributed by atoms with Crippen molar-refractivity contribution in [2.45, 2.75) is 52.2 Å². The van der Waals surface area contributed by atoms with Crippen LogP contribution in [0.15, 0.2) is 0 Å². The highest BCUT2D eigenvalue weighted by atomic mass is 32.1. The third-order valence-corrected chi connectivity index (χ3v) is 4.49. The standard InChI is InChI=1S/C15H24N2O3S/c1-3-13-14(21-11(2)17-13)8-16-15(18)10-19-9-12-6-4-5-7-20-12/h12H,3-10H2,1-2H3,(H,16,18)/t12-/m0/s1. The van der Waals surface area contributed by atoms with E-state index in [0.29, 0.717) is 13.2 Å². The van der Waals surface area contributed by atoms with E-state index in [9.17, 15) is 4.79 Å². The molecule has 0 spiro atoms. The number of aromatic nitrogens is 1. The molecule has 5 nitrogen and oxygen atoms in total. The molecule has 0 aromatic carbocycles. The van der Waals surface area contributed by atoms with Gasteiger partial charge in [0.15, 0.2) is 0 Å². The highest BCUT2D eigenvalue weighted by molar-refractivity contribution is 7.11. The second kappa shape index (κ2) is 8.46. The van der Waals surface area contributed by atoms with Gasteiger partial charge in [-0.05, 0) is 32.6 Å². The molecule has 1 aromatic rings. The van der Waals surface area contributed by atoms with Crippen molar-refractivity contribution >= 4 is 17.2 Å². The molecule has 0 bridgehead atoms. The molecule has 0 radical (unpaired) electrons.